The van der Waals surface area contributed by atoms with Gasteiger partial charge in [0.1, 0.15) is 0 Å². The molecular formula is C13H20N2O5S2. The molecule has 1 aromatic heterocycles. The molecule has 1 N–H and O–H groups in total. The Labute approximate surface area is 134 Å². The van der Waals surface area contributed by atoms with Gasteiger partial charge in [0.15, 0.2) is 0 Å². The lowest BCUT2D eigenvalue weighted by Crippen LogP contribution is -2.45. The molecule has 1 aromatic rings. The van der Waals surface area contributed by atoms with Gasteiger partial charge in [-0.25, -0.2) is 4.72 Å². The van der Waals surface area contributed by atoms with Crippen molar-refractivity contribution in [1.29, 1.82) is 0 Å². The van der Waals surface area contributed by atoms with E-state index in [-0.39, 0.29) is 13.0 Å². The SMILES string of the molecule is COCCOCCC(=O)NS(=O)(=O)N1CCc2sccc2C1. The van der Waals surface area contributed by atoms with E-state index in [1.54, 1.807) is 18.4 Å². The Morgan fingerprint density at radius 2 is 2.23 bits per heavy atom. The van der Waals surface area contributed by atoms with Crippen LogP contribution in [0.2, 0.25) is 0 Å². The monoisotopic (exact) mass is 348 g/mol. The van der Waals surface area contributed by atoms with E-state index >= 15 is 0 Å². The average molecular weight is 348 g/mol. The number of ether oxygens (including phenoxy) is 2. The summed E-state index contributed by atoms with van der Waals surface area (Å²) in [7, 11) is -2.24. The van der Waals surface area contributed by atoms with Gasteiger partial charge in [0, 0.05) is 25.1 Å². The second kappa shape index (κ2) is 8.02. The van der Waals surface area contributed by atoms with Gasteiger partial charge < -0.3 is 9.47 Å². The van der Waals surface area contributed by atoms with E-state index in [2.05, 4.69) is 4.72 Å². The van der Waals surface area contributed by atoms with E-state index in [0.29, 0.717) is 32.7 Å². The molecule has 0 unspecified atom stereocenters. The van der Waals surface area contributed by atoms with Gasteiger partial charge >= 0.3 is 10.2 Å². The van der Waals surface area contributed by atoms with Crippen LogP contribution in [0.25, 0.3) is 0 Å². The normalized spacial score (nSPS) is 15.5. The Balaban J connectivity index is 1.80. The first-order valence-electron chi connectivity index (χ1n) is 6.95. The van der Waals surface area contributed by atoms with Crippen LogP contribution in [0.5, 0.6) is 0 Å². The summed E-state index contributed by atoms with van der Waals surface area (Å²) in [4.78, 5) is 12.9. The highest BCUT2D eigenvalue weighted by atomic mass is 32.2. The van der Waals surface area contributed by atoms with Crippen LogP contribution in [-0.2, 0) is 37.4 Å². The number of rotatable bonds is 8. The minimum absolute atomic E-state index is 0.000481. The van der Waals surface area contributed by atoms with E-state index in [9.17, 15) is 13.2 Å². The molecule has 0 bridgehead atoms. The lowest BCUT2D eigenvalue weighted by atomic mass is 10.1. The van der Waals surface area contributed by atoms with Crippen LogP contribution in [0.4, 0.5) is 0 Å². The summed E-state index contributed by atoms with van der Waals surface area (Å²) < 4.78 is 37.7. The van der Waals surface area contributed by atoms with Crippen LogP contribution in [0.1, 0.15) is 16.9 Å². The number of methoxy groups -OCH3 is 1. The van der Waals surface area contributed by atoms with Crippen molar-refractivity contribution in [2.75, 3.05) is 33.5 Å². The van der Waals surface area contributed by atoms with Crippen LogP contribution >= 0.6 is 11.3 Å². The molecule has 22 heavy (non-hydrogen) atoms. The summed E-state index contributed by atoms with van der Waals surface area (Å²) in [6.07, 6.45) is 0.683. The number of nitrogens with zero attached hydrogens (tertiary/aromatic N) is 1. The molecule has 0 atom stereocenters. The zero-order valence-electron chi connectivity index (χ0n) is 12.4. The maximum Gasteiger partial charge on any atom is 0.304 e. The number of thiophene rings is 1. The fourth-order valence-corrected chi connectivity index (χ4v) is 4.15. The van der Waals surface area contributed by atoms with Crippen molar-refractivity contribution in [3.05, 3.63) is 21.9 Å². The quantitative estimate of drug-likeness (QED) is 0.693. The maximum absolute atomic E-state index is 12.2. The molecule has 0 saturated carbocycles. The first-order chi connectivity index (χ1) is 10.5. The highest BCUT2D eigenvalue weighted by molar-refractivity contribution is 7.87. The largest absolute Gasteiger partial charge is 0.382 e. The molecule has 1 aliphatic heterocycles. The molecule has 0 saturated heterocycles. The van der Waals surface area contributed by atoms with Crippen LogP contribution in [0.15, 0.2) is 11.4 Å². The highest BCUT2D eigenvalue weighted by Gasteiger charge is 2.28. The molecule has 2 heterocycles. The minimum atomic E-state index is -3.79. The first-order valence-corrected chi connectivity index (χ1v) is 9.27. The van der Waals surface area contributed by atoms with Crippen LogP contribution in [0, 0.1) is 0 Å². The van der Waals surface area contributed by atoms with Gasteiger partial charge in [0.2, 0.25) is 5.91 Å². The van der Waals surface area contributed by atoms with Crippen LogP contribution in [0.3, 0.4) is 0 Å². The standard InChI is InChI=1S/C13H20N2O5S2/c1-19-7-8-20-6-3-13(16)14-22(17,18)15-5-2-12-11(10-15)4-9-21-12/h4,9H,2-3,5-8,10H2,1H3,(H,14,16). The topological polar surface area (TPSA) is 84.9 Å². The number of carbonyl (C=O) groups is 1. The number of carbonyl (C=O) groups excluding carboxylic acids is 1. The van der Waals surface area contributed by atoms with Gasteiger partial charge in [-0.3, -0.25) is 4.79 Å². The lowest BCUT2D eigenvalue weighted by molar-refractivity contribution is -0.120. The molecule has 2 rings (SSSR count). The van der Waals surface area contributed by atoms with Crippen molar-refractivity contribution in [3.63, 3.8) is 0 Å². The third-order valence-electron chi connectivity index (χ3n) is 3.26. The number of hydrogen-bond donors (Lipinski definition) is 1. The smallest absolute Gasteiger partial charge is 0.304 e. The summed E-state index contributed by atoms with van der Waals surface area (Å²) in [5.41, 5.74) is 1.01. The summed E-state index contributed by atoms with van der Waals surface area (Å²) >= 11 is 1.63. The Kier molecular flexibility index (Phi) is 6.33. The summed E-state index contributed by atoms with van der Waals surface area (Å²) in [6.45, 7) is 1.69. The molecular weight excluding hydrogens is 328 g/mol. The van der Waals surface area contributed by atoms with E-state index in [1.165, 1.54) is 9.18 Å². The zero-order valence-corrected chi connectivity index (χ0v) is 14.0. The second-order valence-electron chi connectivity index (χ2n) is 4.84. The van der Waals surface area contributed by atoms with E-state index < -0.39 is 16.1 Å². The van der Waals surface area contributed by atoms with Gasteiger partial charge in [0.25, 0.3) is 0 Å². The summed E-state index contributed by atoms with van der Waals surface area (Å²) in [5, 5.41) is 1.96. The third-order valence-corrected chi connectivity index (χ3v) is 5.76. The Bertz CT molecular complexity index is 599. The molecule has 0 spiro atoms. The molecule has 1 aliphatic rings. The van der Waals surface area contributed by atoms with E-state index in [4.69, 9.17) is 9.47 Å². The number of hydrogen-bond acceptors (Lipinski definition) is 6. The molecule has 7 nitrogen and oxygen atoms in total. The first kappa shape index (κ1) is 17.4. The van der Waals surface area contributed by atoms with Gasteiger partial charge in [-0.15, -0.1) is 11.3 Å². The summed E-state index contributed by atoms with van der Waals surface area (Å²) in [5.74, 6) is -0.562. The Hall–Kier alpha value is -1.00. The van der Waals surface area contributed by atoms with Crippen LogP contribution < -0.4 is 4.72 Å². The molecule has 0 fully saturated rings. The van der Waals surface area contributed by atoms with Crippen molar-refractivity contribution in [1.82, 2.24) is 9.03 Å². The van der Waals surface area contributed by atoms with Gasteiger partial charge in [0.05, 0.1) is 26.2 Å². The Morgan fingerprint density at radius 3 is 3.00 bits per heavy atom. The fourth-order valence-electron chi connectivity index (χ4n) is 2.10. The molecule has 1 amide bonds. The van der Waals surface area contributed by atoms with Crippen molar-refractivity contribution < 1.29 is 22.7 Å². The van der Waals surface area contributed by atoms with Crippen LogP contribution in [-0.4, -0.2) is 52.1 Å². The van der Waals surface area contributed by atoms with Gasteiger partial charge in [-0.05, 0) is 23.4 Å². The van der Waals surface area contributed by atoms with Crippen molar-refractivity contribution in [2.45, 2.75) is 19.4 Å². The number of amides is 1. The maximum atomic E-state index is 12.2. The van der Waals surface area contributed by atoms with E-state index in [0.717, 1.165) is 5.56 Å². The van der Waals surface area contributed by atoms with Gasteiger partial charge in [-0.2, -0.15) is 12.7 Å². The van der Waals surface area contributed by atoms with Crippen molar-refractivity contribution in [2.24, 2.45) is 0 Å². The van der Waals surface area contributed by atoms with Crippen molar-refractivity contribution in [3.8, 4) is 0 Å². The predicted octanol–water partition coefficient (Wildman–Crippen LogP) is 0.520. The molecule has 0 aliphatic carbocycles. The molecule has 9 heteroatoms. The molecule has 124 valence electrons. The number of fused-ring (bicyclic) bond motifs is 1. The predicted molar refractivity (Wildman–Crippen MR) is 82.8 cm³/mol. The summed E-state index contributed by atoms with van der Waals surface area (Å²) in [6, 6.07) is 1.92. The molecule has 0 aromatic carbocycles. The lowest BCUT2D eigenvalue weighted by Gasteiger charge is -2.26. The number of nitrogens with one attached hydrogen (secondary N) is 1. The fraction of sp³-hybridized carbons (Fsp3) is 0.615. The molecule has 0 radical (unpaired) electrons. The van der Waals surface area contributed by atoms with Crippen molar-refractivity contribution >= 4 is 27.5 Å². The highest BCUT2D eigenvalue weighted by Crippen LogP contribution is 2.25. The minimum Gasteiger partial charge on any atom is -0.382 e. The zero-order chi connectivity index (χ0) is 16.0. The van der Waals surface area contributed by atoms with E-state index in [1.807, 2.05) is 11.4 Å². The van der Waals surface area contributed by atoms with Gasteiger partial charge in [-0.1, -0.05) is 0 Å². The average Bonchev–Trinajstić information content (AvgIpc) is 2.94. The third kappa shape index (κ3) is 4.75. The Morgan fingerprint density at radius 1 is 1.41 bits per heavy atom. The second-order valence-corrected chi connectivity index (χ2v) is 7.51.